The molecule has 0 unspecified atom stereocenters. The van der Waals surface area contributed by atoms with Crippen molar-refractivity contribution in [2.45, 2.75) is 40.4 Å². The largest absolute Gasteiger partial charge is 0.489 e. The molecule has 0 fully saturated rings. The molecule has 3 aromatic rings. The molecular formula is C23H24N2O5. The molecule has 7 heteroatoms. The van der Waals surface area contributed by atoms with Gasteiger partial charge in [0.15, 0.2) is 6.10 Å². The molecule has 0 aliphatic heterocycles. The van der Waals surface area contributed by atoms with Crippen molar-refractivity contribution in [2.75, 3.05) is 5.32 Å². The second kappa shape index (κ2) is 9.26. The standard InChI is InChI=1S/C23H24N2O5/c1-14-6-5-7-19(12-14)24-22(26)17(4)29-23(27)18-8-10-20(11-9-18)28-13-21-15(2)25-30-16(21)3/h5-12,17H,13H2,1-4H3,(H,24,26)/t17-/m0/s1. The first-order valence-electron chi connectivity index (χ1n) is 9.56. The van der Waals surface area contributed by atoms with Crippen LogP contribution in [0.3, 0.4) is 0 Å². The van der Waals surface area contributed by atoms with Crippen molar-refractivity contribution in [3.63, 3.8) is 0 Å². The Morgan fingerprint density at radius 1 is 1.10 bits per heavy atom. The van der Waals surface area contributed by atoms with Gasteiger partial charge in [0.25, 0.3) is 5.91 Å². The number of nitrogens with zero attached hydrogens (tertiary/aromatic N) is 1. The number of anilines is 1. The normalized spacial score (nSPS) is 11.6. The van der Waals surface area contributed by atoms with Crippen LogP contribution in [-0.2, 0) is 16.1 Å². The minimum atomic E-state index is -0.937. The summed E-state index contributed by atoms with van der Waals surface area (Å²) < 4.78 is 16.1. The number of hydrogen-bond donors (Lipinski definition) is 1. The number of amides is 1. The quantitative estimate of drug-likeness (QED) is 0.584. The predicted molar refractivity (Wildman–Crippen MR) is 111 cm³/mol. The zero-order valence-electron chi connectivity index (χ0n) is 17.4. The van der Waals surface area contributed by atoms with E-state index in [1.807, 2.05) is 39.0 Å². The number of aryl methyl sites for hydroxylation is 3. The van der Waals surface area contributed by atoms with Crippen molar-refractivity contribution in [1.82, 2.24) is 5.16 Å². The van der Waals surface area contributed by atoms with Gasteiger partial charge in [0.05, 0.1) is 16.8 Å². The maximum Gasteiger partial charge on any atom is 0.338 e. The zero-order valence-corrected chi connectivity index (χ0v) is 17.4. The van der Waals surface area contributed by atoms with Crippen LogP contribution in [0.25, 0.3) is 0 Å². The van der Waals surface area contributed by atoms with Crippen LogP contribution in [0, 0.1) is 20.8 Å². The maximum absolute atomic E-state index is 12.3. The van der Waals surface area contributed by atoms with E-state index in [9.17, 15) is 9.59 Å². The molecule has 156 valence electrons. The second-order valence-corrected chi connectivity index (χ2v) is 7.02. The van der Waals surface area contributed by atoms with Crippen LogP contribution in [0.1, 0.15) is 39.9 Å². The van der Waals surface area contributed by atoms with Gasteiger partial charge < -0.3 is 19.3 Å². The summed E-state index contributed by atoms with van der Waals surface area (Å²) in [6.45, 7) is 7.46. The number of carbonyl (C=O) groups excluding carboxylic acids is 2. The van der Waals surface area contributed by atoms with E-state index in [1.54, 1.807) is 30.3 Å². The van der Waals surface area contributed by atoms with Crippen LogP contribution in [0.2, 0.25) is 0 Å². The van der Waals surface area contributed by atoms with Crippen molar-refractivity contribution < 1.29 is 23.6 Å². The molecule has 0 radical (unpaired) electrons. The number of hydrogen-bond acceptors (Lipinski definition) is 6. The first-order valence-corrected chi connectivity index (χ1v) is 9.56. The predicted octanol–water partition coefficient (Wildman–Crippen LogP) is 4.36. The zero-order chi connectivity index (χ0) is 21.7. The highest BCUT2D eigenvalue weighted by Crippen LogP contribution is 2.19. The summed E-state index contributed by atoms with van der Waals surface area (Å²) in [5.74, 6) is 0.329. The van der Waals surface area contributed by atoms with E-state index in [4.69, 9.17) is 14.0 Å². The van der Waals surface area contributed by atoms with E-state index < -0.39 is 18.0 Å². The molecule has 0 aliphatic carbocycles. The van der Waals surface area contributed by atoms with Gasteiger partial charge in [-0.05, 0) is 69.7 Å². The highest BCUT2D eigenvalue weighted by molar-refractivity contribution is 5.97. The van der Waals surface area contributed by atoms with E-state index >= 15 is 0 Å². The monoisotopic (exact) mass is 408 g/mol. The molecule has 0 saturated heterocycles. The molecule has 30 heavy (non-hydrogen) atoms. The SMILES string of the molecule is Cc1cccc(NC(=O)[C@H](C)OC(=O)c2ccc(OCc3c(C)noc3C)cc2)c1. The first-order chi connectivity index (χ1) is 14.3. The summed E-state index contributed by atoms with van der Waals surface area (Å²) in [5, 5.41) is 6.63. The summed E-state index contributed by atoms with van der Waals surface area (Å²) in [6, 6.07) is 13.9. The third-order valence-electron chi connectivity index (χ3n) is 4.59. The van der Waals surface area contributed by atoms with Gasteiger partial charge in [-0.15, -0.1) is 0 Å². The molecular weight excluding hydrogens is 384 g/mol. The minimum Gasteiger partial charge on any atom is -0.489 e. The van der Waals surface area contributed by atoms with Gasteiger partial charge in [0, 0.05) is 5.69 Å². The van der Waals surface area contributed by atoms with Crippen LogP contribution >= 0.6 is 0 Å². The van der Waals surface area contributed by atoms with Gasteiger partial charge in [0.1, 0.15) is 18.1 Å². The Balaban J connectivity index is 1.54. The van der Waals surface area contributed by atoms with Crippen molar-refractivity contribution in [2.24, 2.45) is 0 Å². The number of nitrogens with one attached hydrogen (secondary N) is 1. The Hall–Kier alpha value is -3.61. The van der Waals surface area contributed by atoms with E-state index in [-0.39, 0.29) is 0 Å². The lowest BCUT2D eigenvalue weighted by molar-refractivity contribution is -0.123. The maximum atomic E-state index is 12.3. The Labute approximate surface area is 175 Å². The van der Waals surface area contributed by atoms with Gasteiger partial charge >= 0.3 is 5.97 Å². The fraction of sp³-hybridized carbons (Fsp3) is 0.261. The number of esters is 1. The molecule has 0 aliphatic rings. The molecule has 3 rings (SSSR count). The van der Waals surface area contributed by atoms with Crippen LogP contribution in [0.4, 0.5) is 5.69 Å². The fourth-order valence-corrected chi connectivity index (χ4v) is 2.80. The van der Waals surface area contributed by atoms with Gasteiger partial charge in [-0.1, -0.05) is 17.3 Å². The van der Waals surface area contributed by atoms with Gasteiger partial charge in [-0.3, -0.25) is 4.79 Å². The number of ether oxygens (including phenoxy) is 2. The van der Waals surface area contributed by atoms with E-state index in [2.05, 4.69) is 10.5 Å². The summed E-state index contributed by atoms with van der Waals surface area (Å²) in [7, 11) is 0. The smallest absolute Gasteiger partial charge is 0.338 e. The Bertz CT molecular complexity index is 1020. The lowest BCUT2D eigenvalue weighted by Crippen LogP contribution is -2.30. The topological polar surface area (TPSA) is 90.7 Å². The van der Waals surface area contributed by atoms with Crippen LogP contribution in [-0.4, -0.2) is 23.1 Å². The molecule has 0 bridgehead atoms. The van der Waals surface area contributed by atoms with Crippen molar-refractivity contribution in [3.05, 3.63) is 76.7 Å². The lowest BCUT2D eigenvalue weighted by atomic mass is 10.2. The molecule has 0 saturated carbocycles. The molecule has 0 spiro atoms. The summed E-state index contributed by atoms with van der Waals surface area (Å²) in [5.41, 5.74) is 3.68. The summed E-state index contributed by atoms with van der Waals surface area (Å²) in [4.78, 5) is 24.6. The number of rotatable bonds is 7. The minimum absolute atomic E-state index is 0.321. The average molecular weight is 408 g/mol. The van der Waals surface area contributed by atoms with E-state index in [0.717, 1.165) is 16.8 Å². The molecule has 2 aromatic carbocycles. The van der Waals surface area contributed by atoms with Gasteiger partial charge in [0.2, 0.25) is 0 Å². The van der Waals surface area contributed by atoms with Crippen LogP contribution < -0.4 is 10.1 Å². The Morgan fingerprint density at radius 3 is 2.47 bits per heavy atom. The highest BCUT2D eigenvalue weighted by Gasteiger charge is 2.19. The Morgan fingerprint density at radius 2 is 1.83 bits per heavy atom. The highest BCUT2D eigenvalue weighted by atomic mass is 16.5. The molecule has 7 nitrogen and oxygen atoms in total. The molecule has 1 atom stereocenters. The molecule has 1 amide bonds. The van der Waals surface area contributed by atoms with E-state index in [1.165, 1.54) is 6.92 Å². The summed E-state index contributed by atoms with van der Waals surface area (Å²) in [6.07, 6.45) is -0.937. The van der Waals surface area contributed by atoms with Crippen molar-refractivity contribution >= 4 is 17.6 Å². The second-order valence-electron chi connectivity index (χ2n) is 7.02. The molecule has 1 heterocycles. The van der Waals surface area contributed by atoms with Gasteiger partial charge in [-0.2, -0.15) is 0 Å². The fourth-order valence-electron chi connectivity index (χ4n) is 2.80. The molecule has 1 aromatic heterocycles. The summed E-state index contributed by atoms with van der Waals surface area (Å²) >= 11 is 0. The van der Waals surface area contributed by atoms with Crippen molar-refractivity contribution in [1.29, 1.82) is 0 Å². The van der Waals surface area contributed by atoms with Gasteiger partial charge in [-0.25, -0.2) is 4.79 Å². The van der Waals surface area contributed by atoms with E-state index in [0.29, 0.717) is 29.4 Å². The number of aromatic nitrogens is 1. The number of carbonyl (C=O) groups is 2. The van der Waals surface area contributed by atoms with Crippen molar-refractivity contribution in [3.8, 4) is 5.75 Å². The average Bonchev–Trinajstić information content (AvgIpc) is 3.04. The first kappa shape index (κ1) is 21.1. The third-order valence-corrected chi connectivity index (χ3v) is 4.59. The third kappa shape index (κ3) is 5.26. The molecule has 1 N–H and O–H groups in total. The number of benzene rings is 2. The van der Waals surface area contributed by atoms with Crippen LogP contribution in [0.15, 0.2) is 53.1 Å². The van der Waals surface area contributed by atoms with Crippen LogP contribution in [0.5, 0.6) is 5.75 Å². The lowest BCUT2D eigenvalue weighted by Gasteiger charge is -2.14. The Kier molecular flexibility index (Phi) is 6.51.